The van der Waals surface area contributed by atoms with E-state index >= 15 is 0 Å². The number of likely N-dealkylation sites (tertiary alicyclic amines) is 2. The number of nitrogens with zero attached hydrogens (tertiary/aromatic N) is 6. The minimum Gasteiger partial charge on any atom is -0.497 e. The van der Waals surface area contributed by atoms with Crippen molar-refractivity contribution in [3.8, 4) is 22.9 Å². The molecule has 1 atom stereocenters. The predicted octanol–water partition coefficient (Wildman–Crippen LogP) is 2.82. The molecule has 0 radical (unpaired) electrons. The molecule has 2 aromatic heterocycles. The molecule has 0 N–H and O–H groups in total. The molecule has 4 heterocycles. The highest BCUT2D eigenvalue weighted by Crippen LogP contribution is 2.32. The van der Waals surface area contributed by atoms with E-state index in [2.05, 4.69) is 26.4 Å². The number of hydrogen-bond donors (Lipinski definition) is 0. The first-order chi connectivity index (χ1) is 19.8. The van der Waals surface area contributed by atoms with Crippen molar-refractivity contribution in [2.75, 3.05) is 33.9 Å². The van der Waals surface area contributed by atoms with Gasteiger partial charge in [-0.2, -0.15) is 4.98 Å². The van der Waals surface area contributed by atoms with Crippen LogP contribution < -0.4 is 14.0 Å². The summed E-state index contributed by atoms with van der Waals surface area (Å²) in [6.07, 6.45) is 3.75. The van der Waals surface area contributed by atoms with Crippen LogP contribution in [-0.4, -0.2) is 70.2 Å². The molecular weight excluding hydrogens is 524 g/mol. The highest BCUT2D eigenvalue weighted by atomic mass is 16.5. The maximum atomic E-state index is 13.4. The van der Waals surface area contributed by atoms with Gasteiger partial charge in [-0.1, -0.05) is 5.16 Å². The number of amides is 2. The van der Waals surface area contributed by atoms with Gasteiger partial charge in [-0.25, -0.2) is 9.13 Å². The summed E-state index contributed by atoms with van der Waals surface area (Å²) in [5.74, 6) is 2.31. The minimum atomic E-state index is -0.340. The lowest BCUT2D eigenvalue weighted by atomic mass is 9.95. The van der Waals surface area contributed by atoms with Crippen molar-refractivity contribution in [1.82, 2.24) is 24.5 Å². The third-order valence-electron chi connectivity index (χ3n) is 8.36. The maximum Gasteiger partial charge on any atom is 0.244 e. The third-order valence-corrected chi connectivity index (χ3v) is 8.36. The van der Waals surface area contributed by atoms with Crippen LogP contribution in [0, 0.1) is 5.92 Å². The van der Waals surface area contributed by atoms with Gasteiger partial charge in [0.2, 0.25) is 29.9 Å². The fourth-order valence-electron chi connectivity index (χ4n) is 6.03. The van der Waals surface area contributed by atoms with E-state index in [9.17, 15) is 9.59 Å². The SMILES string of the molecule is COc1ccc(CN2CC(C(=O)N3CCC(c4nc(-c5ccc6c(c5)n(C)c[n+]6C)no4)CC3)CC2=O)c(OC)c1. The van der Waals surface area contributed by atoms with Crippen molar-refractivity contribution in [3.05, 3.63) is 54.2 Å². The van der Waals surface area contributed by atoms with E-state index in [1.165, 1.54) is 0 Å². The molecule has 2 fully saturated rings. The molecule has 0 aliphatic carbocycles. The van der Waals surface area contributed by atoms with Gasteiger partial charge >= 0.3 is 0 Å². The molecule has 2 aliphatic heterocycles. The molecule has 2 aliphatic rings. The van der Waals surface area contributed by atoms with Crippen molar-refractivity contribution in [1.29, 1.82) is 0 Å². The standard InChI is InChI=1S/C30H35N6O5/c1-33-18-34(2)25-13-20(6-8-24(25)33)28-31-29(41-32-28)19-9-11-35(12-10-19)30(38)22-14-27(37)36(17-22)16-21-5-7-23(39-3)15-26(21)40-4/h5-8,13,15,18-19,22H,9-12,14,16-17H2,1-4H3/q+1. The highest BCUT2D eigenvalue weighted by Gasteiger charge is 2.38. The van der Waals surface area contributed by atoms with Gasteiger partial charge in [0.05, 0.1) is 34.2 Å². The first-order valence-electron chi connectivity index (χ1n) is 13.9. The molecule has 4 aromatic rings. The molecule has 41 heavy (non-hydrogen) atoms. The van der Waals surface area contributed by atoms with E-state index in [4.69, 9.17) is 19.0 Å². The number of benzene rings is 2. The van der Waals surface area contributed by atoms with E-state index in [-0.39, 0.29) is 30.1 Å². The molecular formula is C30H35N6O5+. The van der Waals surface area contributed by atoms with Gasteiger partial charge in [0.15, 0.2) is 11.0 Å². The number of piperidine rings is 1. The Hall–Kier alpha value is -4.41. The average molecular weight is 560 g/mol. The summed E-state index contributed by atoms with van der Waals surface area (Å²) in [4.78, 5) is 34.5. The van der Waals surface area contributed by atoms with Crippen LogP contribution in [0.2, 0.25) is 0 Å². The monoisotopic (exact) mass is 559 g/mol. The Morgan fingerprint density at radius 1 is 1.12 bits per heavy atom. The van der Waals surface area contributed by atoms with Crippen LogP contribution in [-0.2, 0) is 30.2 Å². The fraction of sp³-hybridized carbons (Fsp3) is 0.433. The predicted molar refractivity (Wildman–Crippen MR) is 149 cm³/mol. The number of rotatable bonds is 7. The lowest BCUT2D eigenvalue weighted by Crippen LogP contribution is -2.42. The Balaban J connectivity index is 1.06. The zero-order valence-electron chi connectivity index (χ0n) is 23.9. The summed E-state index contributed by atoms with van der Waals surface area (Å²) in [5.41, 5.74) is 4.01. The second kappa shape index (κ2) is 10.9. The number of hydrogen-bond acceptors (Lipinski definition) is 7. The average Bonchev–Trinajstić information content (AvgIpc) is 3.70. The van der Waals surface area contributed by atoms with Crippen molar-refractivity contribution in [3.63, 3.8) is 0 Å². The molecule has 0 saturated carbocycles. The Kier molecular flexibility index (Phi) is 7.10. The lowest BCUT2D eigenvalue weighted by molar-refractivity contribution is -0.645. The summed E-state index contributed by atoms with van der Waals surface area (Å²) in [5, 5.41) is 4.25. The number of carbonyl (C=O) groups excluding carboxylic acids is 2. The van der Waals surface area contributed by atoms with Gasteiger partial charge < -0.3 is 23.8 Å². The van der Waals surface area contributed by atoms with Crippen LogP contribution in [0.4, 0.5) is 0 Å². The Labute approximate surface area is 238 Å². The Morgan fingerprint density at radius 3 is 2.68 bits per heavy atom. The van der Waals surface area contributed by atoms with Gasteiger partial charge in [0.25, 0.3) is 0 Å². The molecule has 11 heteroatoms. The summed E-state index contributed by atoms with van der Waals surface area (Å²) in [6, 6.07) is 11.7. The second-order valence-corrected chi connectivity index (χ2v) is 10.9. The summed E-state index contributed by atoms with van der Waals surface area (Å²) in [7, 11) is 7.23. The van der Waals surface area contributed by atoms with Gasteiger partial charge in [-0.3, -0.25) is 9.59 Å². The van der Waals surface area contributed by atoms with Crippen LogP contribution in [0.3, 0.4) is 0 Å². The molecule has 0 bridgehead atoms. The Morgan fingerprint density at radius 2 is 1.93 bits per heavy atom. The number of aryl methyl sites for hydroxylation is 2. The van der Waals surface area contributed by atoms with Crippen LogP contribution >= 0.6 is 0 Å². The van der Waals surface area contributed by atoms with E-state index in [1.54, 1.807) is 25.2 Å². The number of aromatic nitrogens is 4. The van der Waals surface area contributed by atoms with Crippen molar-refractivity contribution < 1.29 is 28.2 Å². The first-order valence-corrected chi connectivity index (χ1v) is 13.9. The highest BCUT2D eigenvalue weighted by molar-refractivity contribution is 5.89. The normalized spacial score (nSPS) is 18.0. The molecule has 1 unspecified atom stereocenters. The van der Waals surface area contributed by atoms with E-state index in [1.807, 2.05) is 43.5 Å². The molecule has 6 rings (SSSR count). The van der Waals surface area contributed by atoms with E-state index in [0.29, 0.717) is 49.4 Å². The second-order valence-electron chi connectivity index (χ2n) is 10.9. The van der Waals surface area contributed by atoms with Crippen LogP contribution in [0.15, 0.2) is 47.2 Å². The van der Waals surface area contributed by atoms with Crippen molar-refractivity contribution in [2.45, 2.75) is 31.7 Å². The lowest BCUT2D eigenvalue weighted by Gasteiger charge is -2.32. The zero-order chi connectivity index (χ0) is 28.7. The number of imidazole rings is 1. The third kappa shape index (κ3) is 5.12. The first kappa shape index (κ1) is 26.8. The van der Waals surface area contributed by atoms with E-state index in [0.717, 1.165) is 35.0 Å². The van der Waals surface area contributed by atoms with Gasteiger partial charge in [-0.05, 0) is 37.1 Å². The maximum absolute atomic E-state index is 13.4. The van der Waals surface area contributed by atoms with Gasteiger partial charge in [0, 0.05) is 61.8 Å². The molecule has 2 aromatic carbocycles. The molecule has 11 nitrogen and oxygen atoms in total. The van der Waals surface area contributed by atoms with Gasteiger partial charge in [-0.15, -0.1) is 0 Å². The largest absolute Gasteiger partial charge is 0.497 e. The number of ether oxygens (including phenoxy) is 2. The quantitative estimate of drug-likeness (QED) is 0.321. The number of fused-ring (bicyclic) bond motifs is 1. The fourth-order valence-corrected chi connectivity index (χ4v) is 6.03. The summed E-state index contributed by atoms with van der Waals surface area (Å²) >= 11 is 0. The molecule has 2 amide bonds. The van der Waals surface area contributed by atoms with Crippen molar-refractivity contribution in [2.24, 2.45) is 20.0 Å². The molecule has 2 saturated heterocycles. The van der Waals surface area contributed by atoms with Crippen LogP contribution in [0.1, 0.15) is 36.6 Å². The van der Waals surface area contributed by atoms with Gasteiger partial charge in [0.1, 0.15) is 11.5 Å². The van der Waals surface area contributed by atoms with E-state index < -0.39 is 0 Å². The Bertz CT molecular complexity index is 1600. The molecule has 0 spiro atoms. The molecule has 214 valence electrons. The minimum absolute atomic E-state index is 0.0169. The van der Waals surface area contributed by atoms with Crippen LogP contribution in [0.25, 0.3) is 22.4 Å². The van der Waals surface area contributed by atoms with Crippen LogP contribution in [0.5, 0.6) is 11.5 Å². The number of carbonyl (C=O) groups is 2. The smallest absolute Gasteiger partial charge is 0.244 e. The van der Waals surface area contributed by atoms with Crippen molar-refractivity contribution >= 4 is 22.8 Å². The topological polar surface area (TPSA) is 107 Å². The zero-order valence-corrected chi connectivity index (χ0v) is 23.9. The summed E-state index contributed by atoms with van der Waals surface area (Å²) in [6.45, 7) is 2.00. The number of methoxy groups -OCH3 is 2. The summed E-state index contributed by atoms with van der Waals surface area (Å²) < 4.78 is 20.6.